The summed E-state index contributed by atoms with van der Waals surface area (Å²) < 4.78 is 31.3. The zero-order valence-corrected chi connectivity index (χ0v) is 12.2. The third kappa shape index (κ3) is 4.60. The lowest BCUT2D eigenvalue weighted by Crippen LogP contribution is -2.37. The van der Waals surface area contributed by atoms with E-state index < -0.39 is 36.1 Å². The lowest BCUT2D eigenvalue weighted by molar-refractivity contribution is -0.123. The Hall–Kier alpha value is -3.29. The second kappa shape index (κ2) is 7.82. The first-order chi connectivity index (χ1) is 11.5. The number of benzene rings is 2. The molecule has 2 aromatic carbocycles. The topological polar surface area (TPSA) is 84.5 Å². The monoisotopic (exact) mass is 334 g/mol. The van der Waals surface area contributed by atoms with E-state index in [1.807, 2.05) is 5.32 Å². The Morgan fingerprint density at radius 1 is 0.917 bits per heavy atom. The number of para-hydroxylation sites is 1. The maximum absolute atomic E-state index is 13.4. The maximum Gasteiger partial charge on any atom is 0.341 e. The van der Waals surface area contributed by atoms with Gasteiger partial charge in [0, 0.05) is 0 Å². The summed E-state index contributed by atoms with van der Waals surface area (Å²) in [5.74, 6) is -3.46. The van der Waals surface area contributed by atoms with Crippen molar-refractivity contribution in [2.24, 2.45) is 0 Å². The Morgan fingerprint density at radius 2 is 1.54 bits per heavy atom. The Kier molecular flexibility index (Phi) is 5.56. The number of urea groups is 1. The number of amides is 3. The van der Waals surface area contributed by atoms with Gasteiger partial charge in [0.1, 0.15) is 11.6 Å². The molecule has 0 fully saturated rings. The molecule has 0 spiro atoms. The molecule has 0 aliphatic rings. The first kappa shape index (κ1) is 17.1. The summed E-state index contributed by atoms with van der Waals surface area (Å²) in [5, 5.41) is 3.97. The molecule has 0 aromatic heterocycles. The summed E-state index contributed by atoms with van der Waals surface area (Å²) in [7, 11) is 0. The van der Waals surface area contributed by atoms with Crippen LogP contribution in [0.15, 0.2) is 48.5 Å². The highest BCUT2D eigenvalue weighted by Crippen LogP contribution is 2.11. The standard InChI is InChI=1S/C16H12F2N2O4/c17-11-6-2-1-5-10(11)15(22)24-9-14(21)20-16(23)19-13-8-4-3-7-12(13)18/h1-8H,9H2,(H2,19,20,21,23). The third-order valence-electron chi connectivity index (χ3n) is 2.80. The molecule has 24 heavy (non-hydrogen) atoms. The lowest BCUT2D eigenvalue weighted by atomic mass is 10.2. The quantitative estimate of drug-likeness (QED) is 0.841. The summed E-state index contributed by atoms with van der Waals surface area (Å²) in [4.78, 5) is 34.6. The fourth-order valence-corrected chi connectivity index (χ4v) is 1.71. The molecule has 0 bridgehead atoms. The van der Waals surface area contributed by atoms with Crippen LogP contribution in [-0.4, -0.2) is 24.5 Å². The maximum atomic E-state index is 13.4. The summed E-state index contributed by atoms with van der Waals surface area (Å²) in [5.41, 5.74) is -0.452. The van der Waals surface area contributed by atoms with Crippen molar-refractivity contribution >= 4 is 23.6 Å². The molecule has 8 heteroatoms. The van der Waals surface area contributed by atoms with E-state index in [9.17, 15) is 23.2 Å². The zero-order valence-electron chi connectivity index (χ0n) is 12.2. The summed E-state index contributed by atoms with van der Waals surface area (Å²) in [6, 6.07) is 9.46. The molecule has 0 heterocycles. The number of carbonyl (C=O) groups is 3. The first-order valence-corrected chi connectivity index (χ1v) is 6.74. The summed E-state index contributed by atoms with van der Waals surface area (Å²) >= 11 is 0. The molecule has 0 atom stereocenters. The number of hydrogen-bond donors (Lipinski definition) is 2. The number of rotatable bonds is 4. The molecule has 0 unspecified atom stereocenters. The van der Waals surface area contributed by atoms with Gasteiger partial charge in [0.15, 0.2) is 6.61 Å². The second-order valence-corrected chi connectivity index (χ2v) is 4.54. The van der Waals surface area contributed by atoms with Gasteiger partial charge in [0.05, 0.1) is 11.3 Å². The minimum absolute atomic E-state index is 0.119. The molecule has 0 saturated carbocycles. The highest BCUT2D eigenvalue weighted by atomic mass is 19.1. The number of ether oxygens (including phenoxy) is 1. The molecule has 2 rings (SSSR count). The van der Waals surface area contributed by atoms with E-state index in [0.717, 1.165) is 12.1 Å². The predicted octanol–water partition coefficient (Wildman–Crippen LogP) is 2.47. The SMILES string of the molecule is O=C(COC(=O)c1ccccc1F)NC(=O)Nc1ccccc1F. The highest BCUT2D eigenvalue weighted by Gasteiger charge is 2.15. The third-order valence-corrected chi connectivity index (χ3v) is 2.80. The first-order valence-electron chi connectivity index (χ1n) is 6.74. The Balaban J connectivity index is 1.83. The number of anilines is 1. The van der Waals surface area contributed by atoms with Crippen LogP contribution in [0.4, 0.5) is 19.3 Å². The van der Waals surface area contributed by atoms with Crippen molar-refractivity contribution in [2.75, 3.05) is 11.9 Å². The molecule has 0 saturated heterocycles. The van der Waals surface area contributed by atoms with Crippen LogP contribution in [0.5, 0.6) is 0 Å². The van der Waals surface area contributed by atoms with Crippen molar-refractivity contribution < 1.29 is 27.9 Å². The number of esters is 1. The van der Waals surface area contributed by atoms with Crippen molar-refractivity contribution in [3.8, 4) is 0 Å². The molecule has 3 amide bonds. The second-order valence-electron chi connectivity index (χ2n) is 4.54. The molecule has 0 aliphatic heterocycles. The van der Waals surface area contributed by atoms with Crippen LogP contribution < -0.4 is 10.6 Å². The van der Waals surface area contributed by atoms with Crippen LogP contribution in [0.1, 0.15) is 10.4 Å². The minimum Gasteiger partial charge on any atom is -0.452 e. The van der Waals surface area contributed by atoms with Crippen molar-refractivity contribution in [3.63, 3.8) is 0 Å². The number of carbonyl (C=O) groups excluding carboxylic acids is 3. The van der Waals surface area contributed by atoms with Crippen molar-refractivity contribution in [2.45, 2.75) is 0 Å². The number of halogens is 2. The lowest BCUT2D eigenvalue weighted by Gasteiger charge is -2.08. The molecular formula is C16H12F2N2O4. The van der Waals surface area contributed by atoms with Crippen LogP contribution in [0, 0.1) is 11.6 Å². The van der Waals surface area contributed by atoms with Crippen LogP contribution in [0.25, 0.3) is 0 Å². The molecule has 6 nitrogen and oxygen atoms in total. The van der Waals surface area contributed by atoms with Gasteiger partial charge in [0.25, 0.3) is 5.91 Å². The predicted molar refractivity (Wildman–Crippen MR) is 80.2 cm³/mol. The van der Waals surface area contributed by atoms with Gasteiger partial charge in [-0.25, -0.2) is 18.4 Å². The number of hydrogen-bond acceptors (Lipinski definition) is 4. The van der Waals surface area contributed by atoms with Crippen LogP contribution >= 0.6 is 0 Å². The molecular weight excluding hydrogens is 322 g/mol. The van der Waals surface area contributed by atoms with Gasteiger partial charge in [-0.3, -0.25) is 10.1 Å². The highest BCUT2D eigenvalue weighted by molar-refractivity contribution is 6.02. The fraction of sp³-hybridized carbons (Fsp3) is 0.0625. The molecule has 2 aromatic rings. The average molecular weight is 334 g/mol. The summed E-state index contributed by atoms with van der Waals surface area (Å²) in [6.07, 6.45) is 0. The van der Waals surface area contributed by atoms with E-state index in [1.54, 1.807) is 0 Å². The fourth-order valence-electron chi connectivity index (χ4n) is 1.71. The van der Waals surface area contributed by atoms with Gasteiger partial charge in [-0.05, 0) is 24.3 Å². The van der Waals surface area contributed by atoms with E-state index in [-0.39, 0.29) is 11.3 Å². The normalized spacial score (nSPS) is 9.92. The van der Waals surface area contributed by atoms with Gasteiger partial charge in [-0.2, -0.15) is 0 Å². The summed E-state index contributed by atoms with van der Waals surface area (Å²) in [6.45, 7) is -0.794. The van der Waals surface area contributed by atoms with Crippen molar-refractivity contribution in [1.82, 2.24) is 5.32 Å². The Labute approximate surface area is 135 Å². The van der Waals surface area contributed by atoms with Crippen LogP contribution in [0.3, 0.4) is 0 Å². The smallest absolute Gasteiger partial charge is 0.341 e. The van der Waals surface area contributed by atoms with E-state index in [2.05, 4.69) is 10.1 Å². The number of imide groups is 1. The molecule has 124 valence electrons. The Morgan fingerprint density at radius 3 is 2.21 bits per heavy atom. The zero-order chi connectivity index (χ0) is 17.5. The number of nitrogens with one attached hydrogen (secondary N) is 2. The van der Waals surface area contributed by atoms with Gasteiger partial charge >= 0.3 is 12.0 Å². The minimum atomic E-state index is -1.04. The van der Waals surface area contributed by atoms with E-state index in [0.29, 0.717) is 0 Å². The Bertz CT molecular complexity index is 780. The van der Waals surface area contributed by atoms with E-state index in [4.69, 9.17) is 0 Å². The van der Waals surface area contributed by atoms with Gasteiger partial charge < -0.3 is 10.1 Å². The molecule has 0 aliphatic carbocycles. The van der Waals surface area contributed by atoms with Crippen LogP contribution in [0.2, 0.25) is 0 Å². The van der Waals surface area contributed by atoms with Gasteiger partial charge in [0.2, 0.25) is 0 Å². The van der Waals surface area contributed by atoms with Crippen LogP contribution in [-0.2, 0) is 9.53 Å². The van der Waals surface area contributed by atoms with E-state index >= 15 is 0 Å². The van der Waals surface area contributed by atoms with Crippen molar-refractivity contribution in [3.05, 3.63) is 65.7 Å². The van der Waals surface area contributed by atoms with E-state index in [1.165, 1.54) is 36.4 Å². The molecule has 0 radical (unpaired) electrons. The molecule has 2 N–H and O–H groups in total. The van der Waals surface area contributed by atoms with Crippen molar-refractivity contribution in [1.29, 1.82) is 0 Å². The average Bonchev–Trinajstić information content (AvgIpc) is 2.55. The largest absolute Gasteiger partial charge is 0.452 e. The van der Waals surface area contributed by atoms with Gasteiger partial charge in [-0.1, -0.05) is 24.3 Å². The van der Waals surface area contributed by atoms with Gasteiger partial charge in [-0.15, -0.1) is 0 Å².